The molecule has 0 atom stereocenters. The van der Waals surface area contributed by atoms with Gasteiger partial charge in [0.25, 0.3) is 0 Å². The van der Waals surface area contributed by atoms with Gasteiger partial charge in [-0.05, 0) is 19.1 Å². The van der Waals surface area contributed by atoms with Crippen molar-refractivity contribution in [2.45, 2.75) is 6.92 Å². The summed E-state index contributed by atoms with van der Waals surface area (Å²) in [6, 6.07) is 0. The van der Waals surface area contributed by atoms with Gasteiger partial charge in [-0.3, -0.25) is 4.79 Å². The summed E-state index contributed by atoms with van der Waals surface area (Å²) in [6.07, 6.45) is 3.30. The van der Waals surface area contributed by atoms with Crippen molar-refractivity contribution >= 4 is 12.3 Å². The predicted molar refractivity (Wildman–Crippen MR) is 39.6 cm³/mol. The third-order valence-electron chi connectivity index (χ3n) is 0.752. The Morgan fingerprint density at radius 1 is 1.64 bits per heavy atom. The van der Waals surface area contributed by atoms with Crippen LogP contribution in [-0.2, 0) is 14.3 Å². The summed E-state index contributed by atoms with van der Waals surface area (Å²) in [5.41, 5.74) is 0. The van der Waals surface area contributed by atoms with E-state index in [9.17, 15) is 9.59 Å². The maximum absolute atomic E-state index is 10.5. The highest BCUT2D eigenvalue weighted by molar-refractivity contribution is 5.88. The van der Waals surface area contributed by atoms with E-state index >= 15 is 0 Å². The van der Waals surface area contributed by atoms with Gasteiger partial charge in [-0.15, -0.1) is 0 Å². The van der Waals surface area contributed by atoms with Gasteiger partial charge in [0.15, 0.2) is 0 Å². The van der Waals surface area contributed by atoms with Crippen LogP contribution in [0.25, 0.3) is 0 Å². The maximum atomic E-state index is 10.5. The number of allylic oxidation sites excluding steroid dienone is 1. The number of aldehydes is 1. The standard InChI is InChI=1S/C8H8O3/c1-2-5-8(10)11-7-4-3-6-9/h3-4,6H,7H2,1H3/b4-3+. The number of esters is 1. The first-order chi connectivity index (χ1) is 5.31. The highest BCUT2D eigenvalue weighted by atomic mass is 16.5. The Balaban J connectivity index is 3.51. The van der Waals surface area contributed by atoms with Gasteiger partial charge >= 0.3 is 5.97 Å². The van der Waals surface area contributed by atoms with Crippen molar-refractivity contribution in [3.8, 4) is 11.8 Å². The first-order valence-corrected chi connectivity index (χ1v) is 3.01. The molecule has 11 heavy (non-hydrogen) atoms. The minimum atomic E-state index is -0.581. The summed E-state index contributed by atoms with van der Waals surface area (Å²) < 4.78 is 4.53. The minimum Gasteiger partial charge on any atom is -0.452 e. The lowest BCUT2D eigenvalue weighted by Gasteiger charge is -1.91. The zero-order chi connectivity index (χ0) is 8.53. The Morgan fingerprint density at radius 2 is 2.36 bits per heavy atom. The summed E-state index contributed by atoms with van der Waals surface area (Å²) in [4.78, 5) is 20.2. The van der Waals surface area contributed by atoms with Crippen LogP contribution in [0.2, 0.25) is 0 Å². The molecule has 0 fully saturated rings. The van der Waals surface area contributed by atoms with Crippen molar-refractivity contribution in [1.82, 2.24) is 0 Å². The fourth-order valence-electron chi connectivity index (χ4n) is 0.373. The largest absolute Gasteiger partial charge is 0.452 e. The Hall–Kier alpha value is -1.56. The van der Waals surface area contributed by atoms with Crippen molar-refractivity contribution in [3.63, 3.8) is 0 Å². The summed E-state index contributed by atoms with van der Waals surface area (Å²) in [5.74, 6) is 4.00. The zero-order valence-electron chi connectivity index (χ0n) is 6.16. The van der Waals surface area contributed by atoms with Crippen molar-refractivity contribution in [3.05, 3.63) is 12.2 Å². The van der Waals surface area contributed by atoms with Crippen LogP contribution in [0.5, 0.6) is 0 Å². The molecule has 0 aromatic rings. The second-order valence-corrected chi connectivity index (χ2v) is 1.54. The van der Waals surface area contributed by atoms with Crippen LogP contribution in [0.3, 0.4) is 0 Å². The fraction of sp³-hybridized carbons (Fsp3) is 0.250. The molecule has 0 saturated heterocycles. The van der Waals surface area contributed by atoms with E-state index in [2.05, 4.69) is 16.6 Å². The Morgan fingerprint density at radius 3 is 2.91 bits per heavy atom. The first-order valence-electron chi connectivity index (χ1n) is 3.01. The van der Waals surface area contributed by atoms with E-state index in [1.54, 1.807) is 6.92 Å². The molecule has 0 N–H and O–H groups in total. The van der Waals surface area contributed by atoms with E-state index in [1.807, 2.05) is 0 Å². The minimum absolute atomic E-state index is 0.0895. The SMILES string of the molecule is CC#CC(=O)OC/C=C/C=O. The van der Waals surface area contributed by atoms with Crippen molar-refractivity contribution < 1.29 is 14.3 Å². The highest BCUT2D eigenvalue weighted by Crippen LogP contribution is 1.77. The quantitative estimate of drug-likeness (QED) is 0.192. The van der Waals surface area contributed by atoms with Gasteiger partial charge in [0.1, 0.15) is 12.9 Å². The van der Waals surface area contributed by atoms with Gasteiger partial charge < -0.3 is 4.74 Å². The average Bonchev–Trinajstić information content (AvgIpc) is 1.99. The lowest BCUT2D eigenvalue weighted by atomic mass is 10.5. The molecule has 0 bridgehead atoms. The molecule has 0 heterocycles. The number of carbonyl (C=O) groups is 2. The van der Waals surface area contributed by atoms with Crippen LogP contribution in [0.15, 0.2) is 12.2 Å². The van der Waals surface area contributed by atoms with Crippen molar-refractivity contribution in [2.24, 2.45) is 0 Å². The van der Waals surface area contributed by atoms with Gasteiger partial charge in [-0.25, -0.2) is 4.79 Å². The molecular weight excluding hydrogens is 144 g/mol. The summed E-state index contributed by atoms with van der Waals surface area (Å²) in [6.45, 7) is 1.63. The summed E-state index contributed by atoms with van der Waals surface area (Å²) >= 11 is 0. The van der Waals surface area contributed by atoms with Crippen LogP contribution in [0.4, 0.5) is 0 Å². The van der Waals surface area contributed by atoms with E-state index < -0.39 is 5.97 Å². The molecule has 0 aliphatic carbocycles. The molecular formula is C8H8O3. The molecule has 3 heteroatoms. The molecule has 58 valence electrons. The third kappa shape index (κ3) is 6.32. The molecule has 0 aromatic heterocycles. The van der Waals surface area contributed by atoms with E-state index in [0.717, 1.165) is 0 Å². The van der Waals surface area contributed by atoms with Gasteiger partial charge in [0.05, 0.1) is 0 Å². The molecule has 0 radical (unpaired) electrons. The normalized spacial score (nSPS) is 8.45. The van der Waals surface area contributed by atoms with Gasteiger partial charge in [0.2, 0.25) is 0 Å². The van der Waals surface area contributed by atoms with E-state index in [-0.39, 0.29) is 6.61 Å². The molecule has 0 aliphatic heterocycles. The Kier molecular flexibility index (Phi) is 5.63. The van der Waals surface area contributed by atoms with Gasteiger partial charge in [-0.2, -0.15) is 0 Å². The second kappa shape index (κ2) is 6.56. The molecule has 0 aromatic carbocycles. The smallest absolute Gasteiger partial charge is 0.384 e. The van der Waals surface area contributed by atoms with E-state index in [4.69, 9.17) is 0 Å². The fourth-order valence-corrected chi connectivity index (χ4v) is 0.373. The number of hydrogen-bond donors (Lipinski definition) is 0. The van der Waals surface area contributed by atoms with E-state index in [0.29, 0.717) is 6.29 Å². The number of hydrogen-bond acceptors (Lipinski definition) is 3. The molecule has 0 saturated carbocycles. The predicted octanol–water partition coefficient (Wildman–Crippen LogP) is 0.308. The third-order valence-corrected chi connectivity index (χ3v) is 0.752. The highest BCUT2D eigenvalue weighted by Gasteiger charge is 1.90. The lowest BCUT2D eigenvalue weighted by molar-refractivity contribution is -0.135. The molecule has 0 aliphatic rings. The number of rotatable bonds is 3. The topological polar surface area (TPSA) is 43.4 Å². The molecule has 0 amide bonds. The maximum Gasteiger partial charge on any atom is 0.384 e. The molecule has 3 nitrogen and oxygen atoms in total. The molecule has 0 spiro atoms. The number of carbonyl (C=O) groups excluding carboxylic acids is 2. The molecule has 0 rings (SSSR count). The monoisotopic (exact) mass is 152 g/mol. The Bertz CT molecular complexity index is 217. The van der Waals surface area contributed by atoms with Crippen molar-refractivity contribution in [2.75, 3.05) is 6.61 Å². The average molecular weight is 152 g/mol. The number of ether oxygens (including phenoxy) is 1. The van der Waals surface area contributed by atoms with Crippen LogP contribution < -0.4 is 0 Å². The molecule has 0 unspecified atom stereocenters. The second-order valence-electron chi connectivity index (χ2n) is 1.54. The van der Waals surface area contributed by atoms with Gasteiger partial charge in [-0.1, -0.05) is 5.92 Å². The van der Waals surface area contributed by atoms with Crippen LogP contribution >= 0.6 is 0 Å². The van der Waals surface area contributed by atoms with E-state index in [1.165, 1.54) is 12.2 Å². The summed E-state index contributed by atoms with van der Waals surface area (Å²) in [7, 11) is 0. The first kappa shape index (κ1) is 9.44. The zero-order valence-corrected chi connectivity index (χ0v) is 6.16. The van der Waals surface area contributed by atoms with Crippen molar-refractivity contribution in [1.29, 1.82) is 0 Å². The van der Waals surface area contributed by atoms with Crippen LogP contribution in [-0.4, -0.2) is 18.9 Å². The lowest BCUT2D eigenvalue weighted by Crippen LogP contribution is -2.00. The van der Waals surface area contributed by atoms with Crippen LogP contribution in [0, 0.1) is 11.8 Å². The summed E-state index contributed by atoms with van der Waals surface area (Å²) in [5, 5.41) is 0. The Labute approximate surface area is 65.0 Å². The van der Waals surface area contributed by atoms with Crippen LogP contribution in [0.1, 0.15) is 6.92 Å². The van der Waals surface area contributed by atoms with Gasteiger partial charge in [0, 0.05) is 5.92 Å².